The number of ether oxygens (including phenoxy) is 1. The van der Waals surface area contributed by atoms with Crippen LogP contribution in [-0.2, 0) is 20.6 Å². The van der Waals surface area contributed by atoms with E-state index in [1.165, 1.54) is 24.4 Å². The zero-order chi connectivity index (χ0) is 24.4. The fourth-order valence-electron chi connectivity index (χ4n) is 2.43. The highest BCUT2D eigenvalue weighted by atomic mass is 19.4. The lowest BCUT2D eigenvalue weighted by molar-refractivity contribution is -0.139. The number of carbonyl (C=O) groups excluding carboxylic acids is 3. The number of rotatable bonds is 8. The maximum absolute atomic E-state index is 12.8. The minimum Gasteiger partial charge on any atom is -0.483 e. The molecule has 0 spiro atoms. The predicted octanol–water partition coefficient (Wildman–Crippen LogP) is 3.09. The molecule has 11 heteroatoms. The molecule has 0 aliphatic rings. The van der Waals surface area contributed by atoms with Crippen LogP contribution in [0.2, 0.25) is 0 Å². The molecule has 2 aromatic rings. The molecule has 0 bridgehead atoms. The van der Waals surface area contributed by atoms with Crippen LogP contribution in [0.5, 0.6) is 5.75 Å². The van der Waals surface area contributed by atoms with Crippen molar-refractivity contribution in [2.24, 2.45) is 5.10 Å². The van der Waals surface area contributed by atoms with E-state index in [0.29, 0.717) is 12.0 Å². The summed E-state index contributed by atoms with van der Waals surface area (Å²) in [5.41, 5.74) is 1.58. The Labute approximate surface area is 188 Å². The number of carbonyl (C=O) groups is 3. The molecule has 3 N–H and O–H groups in total. The van der Waals surface area contributed by atoms with Crippen molar-refractivity contribution >= 4 is 29.6 Å². The fourth-order valence-corrected chi connectivity index (χ4v) is 2.43. The van der Waals surface area contributed by atoms with Crippen molar-refractivity contribution in [1.82, 2.24) is 10.7 Å². The van der Waals surface area contributed by atoms with Gasteiger partial charge >= 0.3 is 18.0 Å². The zero-order valence-corrected chi connectivity index (χ0v) is 17.9. The molecule has 176 valence electrons. The van der Waals surface area contributed by atoms with Crippen molar-refractivity contribution in [1.29, 1.82) is 0 Å². The minimum absolute atomic E-state index is 0.0216. The van der Waals surface area contributed by atoms with Crippen LogP contribution in [-0.4, -0.2) is 36.6 Å². The summed E-state index contributed by atoms with van der Waals surface area (Å²) < 4.78 is 43.8. The van der Waals surface area contributed by atoms with Gasteiger partial charge in [0.05, 0.1) is 11.8 Å². The van der Waals surface area contributed by atoms with Gasteiger partial charge in [-0.15, -0.1) is 0 Å². The summed E-state index contributed by atoms with van der Waals surface area (Å²) >= 11 is 0. The van der Waals surface area contributed by atoms with E-state index in [2.05, 4.69) is 21.2 Å². The van der Waals surface area contributed by atoms with Gasteiger partial charge in [0.15, 0.2) is 6.61 Å². The molecule has 3 amide bonds. The number of anilines is 1. The quantitative estimate of drug-likeness (QED) is 0.317. The van der Waals surface area contributed by atoms with Crippen LogP contribution >= 0.6 is 0 Å². The molecule has 2 aromatic carbocycles. The number of hydrogen-bond acceptors (Lipinski definition) is 5. The van der Waals surface area contributed by atoms with Crippen molar-refractivity contribution in [2.75, 3.05) is 11.9 Å². The maximum Gasteiger partial charge on any atom is 0.416 e. The Bertz CT molecular complexity index is 1020. The van der Waals surface area contributed by atoms with Gasteiger partial charge in [-0.2, -0.15) is 18.3 Å². The Balaban J connectivity index is 1.94. The Hall–Kier alpha value is -3.89. The molecule has 0 saturated carbocycles. The first-order valence-electron chi connectivity index (χ1n) is 9.93. The van der Waals surface area contributed by atoms with Gasteiger partial charge in [0.1, 0.15) is 5.75 Å². The van der Waals surface area contributed by atoms with E-state index in [4.69, 9.17) is 4.74 Å². The lowest BCUT2D eigenvalue weighted by Crippen LogP contribution is -2.41. The largest absolute Gasteiger partial charge is 0.483 e. The van der Waals surface area contributed by atoms with Crippen LogP contribution in [0.15, 0.2) is 53.6 Å². The molecule has 0 fully saturated rings. The third-order valence-corrected chi connectivity index (χ3v) is 4.32. The first-order valence-corrected chi connectivity index (χ1v) is 9.93. The second-order valence-electron chi connectivity index (χ2n) is 6.94. The Morgan fingerprint density at radius 2 is 1.82 bits per heavy atom. The average molecular weight is 464 g/mol. The van der Waals surface area contributed by atoms with Crippen LogP contribution in [0.25, 0.3) is 0 Å². The van der Waals surface area contributed by atoms with Gasteiger partial charge < -0.3 is 15.4 Å². The Kier molecular flexibility index (Phi) is 8.96. The van der Waals surface area contributed by atoms with Crippen LogP contribution in [0, 0.1) is 0 Å². The second-order valence-corrected chi connectivity index (χ2v) is 6.94. The number of hydrogen-bond donors (Lipinski definition) is 3. The van der Waals surface area contributed by atoms with Gasteiger partial charge in [-0.05, 0) is 43.7 Å². The molecule has 2 rings (SSSR count). The van der Waals surface area contributed by atoms with Gasteiger partial charge in [0, 0.05) is 17.3 Å². The highest BCUT2D eigenvalue weighted by Gasteiger charge is 2.30. The van der Waals surface area contributed by atoms with Gasteiger partial charge in [0.25, 0.3) is 5.91 Å². The third kappa shape index (κ3) is 8.28. The SMILES string of the molecule is CC[C@H](C)NC(=O)C(=O)N/N=C\c1ccccc1OCC(=O)Nc1cccc(C(F)(F)F)c1. The first kappa shape index (κ1) is 25.4. The highest BCUT2D eigenvalue weighted by molar-refractivity contribution is 6.35. The van der Waals surface area contributed by atoms with Crippen molar-refractivity contribution in [3.05, 3.63) is 59.7 Å². The van der Waals surface area contributed by atoms with E-state index in [0.717, 1.165) is 12.1 Å². The van der Waals surface area contributed by atoms with E-state index >= 15 is 0 Å². The number of nitrogens with zero attached hydrogens (tertiary/aromatic N) is 1. The van der Waals surface area contributed by atoms with Crippen molar-refractivity contribution in [3.63, 3.8) is 0 Å². The monoisotopic (exact) mass is 464 g/mol. The van der Waals surface area contributed by atoms with Crippen molar-refractivity contribution < 1.29 is 32.3 Å². The molecule has 0 aliphatic carbocycles. The third-order valence-electron chi connectivity index (χ3n) is 4.32. The topological polar surface area (TPSA) is 109 Å². The fraction of sp³-hybridized carbons (Fsp3) is 0.273. The summed E-state index contributed by atoms with van der Waals surface area (Å²) in [6, 6.07) is 10.5. The number of benzene rings is 2. The Morgan fingerprint density at radius 3 is 2.52 bits per heavy atom. The van der Waals surface area contributed by atoms with Gasteiger partial charge in [0.2, 0.25) is 0 Å². The maximum atomic E-state index is 12.8. The number of halogens is 3. The molecule has 8 nitrogen and oxygen atoms in total. The summed E-state index contributed by atoms with van der Waals surface area (Å²) in [6.45, 7) is 3.13. The summed E-state index contributed by atoms with van der Waals surface area (Å²) in [4.78, 5) is 35.5. The van der Waals surface area contributed by atoms with E-state index in [1.54, 1.807) is 25.1 Å². The Morgan fingerprint density at radius 1 is 1.09 bits per heavy atom. The van der Waals surface area contributed by atoms with Crippen LogP contribution in [0.4, 0.5) is 18.9 Å². The van der Waals surface area contributed by atoms with Gasteiger partial charge in [-0.3, -0.25) is 14.4 Å². The zero-order valence-electron chi connectivity index (χ0n) is 17.9. The van der Waals surface area contributed by atoms with Crippen LogP contribution in [0.3, 0.4) is 0 Å². The smallest absolute Gasteiger partial charge is 0.416 e. The number of nitrogens with one attached hydrogen (secondary N) is 3. The van der Waals surface area contributed by atoms with Crippen LogP contribution < -0.4 is 20.8 Å². The van der Waals surface area contributed by atoms with Crippen LogP contribution in [0.1, 0.15) is 31.4 Å². The molecule has 0 aliphatic heterocycles. The molecule has 0 radical (unpaired) electrons. The molecule has 0 heterocycles. The normalized spacial score (nSPS) is 12.2. The van der Waals surface area contributed by atoms with E-state index in [-0.39, 0.29) is 17.5 Å². The summed E-state index contributed by atoms with van der Waals surface area (Å²) in [7, 11) is 0. The second kappa shape index (κ2) is 11.7. The minimum atomic E-state index is -4.53. The molecule has 0 unspecified atom stereocenters. The summed E-state index contributed by atoms with van der Waals surface area (Å²) in [6.07, 6.45) is -2.64. The number of hydrazone groups is 1. The first-order chi connectivity index (χ1) is 15.6. The molecule has 33 heavy (non-hydrogen) atoms. The molecule has 0 saturated heterocycles. The van der Waals surface area contributed by atoms with E-state index < -0.39 is 36.1 Å². The van der Waals surface area contributed by atoms with Crippen molar-refractivity contribution in [2.45, 2.75) is 32.5 Å². The number of para-hydroxylation sites is 1. The molecular weight excluding hydrogens is 441 g/mol. The predicted molar refractivity (Wildman–Crippen MR) is 116 cm³/mol. The molecule has 0 aromatic heterocycles. The average Bonchev–Trinajstić information content (AvgIpc) is 2.77. The van der Waals surface area contributed by atoms with E-state index in [9.17, 15) is 27.6 Å². The highest BCUT2D eigenvalue weighted by Crippen LogP contribution is 2.30. The van der Waals surface area contributed by atoms with Gasteiger partial charge in [-0.1, -0.05) is 25.1 Å². The lowest BCUT2D eigenvalue weighted by atomic mass is 10.2. The molecular formula is C22H23F3N4O4. The summed E-state index contributed by atoms with van der Waals surface area (Å²) in [5.74, 6) is -2.20. The lowest BCUT2D eigenvalue weighted by Gasteiger charge is -2.11. The standard InChI is InChI=1S/C22H23F3N4O4/c1-3-14(2)27-20(31)21(32)29-26-12-15-7-4-5-10-18(15)33-13-19(30)28-17-9-6-8-16(11-17)22(23,24)25/h4-12,14H,3,13H2,1-2H3,(H,27,31)(H,28,30)(H,29,32)/b26-12-/t14-/m0/s1. The van der Waals surface area contributed by atoms with E-state index in [1.807, 2.05) is 6.92 Å². The number of alkyl halides is 3. The molecule has 1 atom stereocenters. The summed E-state index contributed by atoms with van der Waals surface area (Å²) in [5, 5.41) is 8.54. The number of amides is 3. The van der Waals surface area contributed by atoms with Gasteiger partial charge in [-0.25, -0.2) is 5.43 Å². The van der Waals surface area contributed by atoms with Crippen molar-refractivity contribution in [3.8, 4) is 5.75 Å².